The van der Waals surface area contributed by atoms with Gasteiger partial charge in [0, 0.05) is 11.1 Å². The van der Waals surface area contributed by atoms with Crippen molar-refractivity contribution in [3.05, 3.63) is 46.0 Å². The smallest absolute Gasteiger partial charge is 0.289 e. The first-order chi connectivity index (χ1) is 11.2. The lowest BCUT2D eigenvalue weighted by atomic mass is 9.90. The molecule has 1 heterocycles. The molecular weight excluding hydrogens is 384 g/mol. The molecule has 8 nitrogen and oxygen atoms in total. The minimum absolute atomic E-state index is 0.0403. The minimum atomic E-state index is -4.79. The van der Waals surface area contributed by atoms with Crippen LogP contribution in [0.25, 0.3) is 0 Å². The summed E-state index contributed by atoms with van der Waals surface area (Å²) in [6, 6.07) is 5.54. The van der Waals surface area contributed by atoms with Crippen molar-refractivity contribution >= 4 is 43.4 Å². The molecule has 1 aliphatic carbocycles. The molecule has 0 spiro atoms. The van der Waals surface area contributed by atoms with Gasteiger partial charge in [-0.1, -0.05) is 35.9 Å². The predicted octanol–water partition coefficient (Wildman–Crippen LogP) is 0.591. The van der Waals surface area contributed by atoms with Crippen LogP contribution in [0.1, 0.15) is 20.7 Å². The van der Waals surface area contributed by atoms with E-state index in [2.05, 4.69) is 8.37 Å². The summed E-state index contributed by atoms with van der Waals surface area (Å²) in [6.45, 7) is -1.08. The normalized spacial score (nSPS) is 23.7. The van der Waals surface area contributed by atoms with Crippen LogP contribution in [0.3, 0.4) is 0 Å². The highest BCUT2D eigenvalue weighted by molar-refractivity contribution is 8.05. The molecule has 3 rings (SSSR count). The van der Waals surface area contributed by atoms with Crippen LogP contribution >= 0.6 is 11.6 Å². The van der Waals surface area contributed by atoms with Crippen molar-refractivity contribution in [2.24, 2.45) is 0 Å². The molecule has 0 unspecified atom stereocenters. The molecule has 1 aromatic carbocycles. The highest BCUT2D eigenvalue weighted by atomic mass is 35.5. The van der Waals surface area contributed by atoms with Crippen molar-refractivity contribution in [3.8, 4) is 0 Å². The van der Waals surface area contributed by atoms with E-state index in [1.807, 2.05) is 0 Å². The highest BCUT2D eigenvalue weighted by Gasteiger charge is 2.50. The molecule has 1 saturated heterocycles. The Morgan fingerprint density at radius 3 is 1.83 bits per heavy atom. The van der Waals surface area contributed by atoms with Gasteiger partial charge in [0.15, 0.2) is 5.78 Å². The molecule has 128 valence electrons. The second-order valence-electron chi connectivity index (χ2n) is 4.89. The fraction of sp³-hybridized carbons (Fsp3) is 0.231. The van der Waals surface area contributed by atoms with Gasteiger partial charge < -0.3 is 0 Å². The largest absolute Gasteiger partial charge is 0.291 e. The van der Waals surface area contributed by atoms with Crippen LogP contribution in [0.15, 0.2) is 34.9 Å². The fourth-order valence-electron chi connectivity index (χ4n) is 2.43. The Hall–Kier alpha value is -1.59. The molecule has 24 heavy (non-hydrogen) atoms. The van der Waals surface area contributed by atoms with Crippen molar-refractivity contribution in [2.75, 3.05) is 13.2 Å². The van der Waals surface area contributed by atoms with E-state index in [1.54, 1.807) is 0 Å². The first kappa shape index (κ1) is 17.2. The standard InChI is InChI=1S/C13H9ClO8S2/c14-10-9(11(15)7-3-1-2-4-8(7)12(10)16)13-23(17,18)21-5-6-22-24(13,19)20/h1-4,13H,5-6H2. The molecule has 1 fully saturated rings. The molecule has 0 aromatic heterocycles. The molecule has 11 heteroatoms. The maximum absolute atomic E-state index is 12.6. The zero-order chi connectivity index (χ0) is 17.7. The summed E-state index contributed by atoms with van der Waals surface area (Å²) in [5, 5.41) is -0.787. The number of fused-ring (bicyclic) bond motifs is 1. The second-order valence-corrected chi connectivity index (χ2v) is 8.95. The number of allylic oxidation sites excluding steroid dienone is 1. The van der Waals surface area contributed by atoms with Gasteiger partial charge in [-0.15, -0.1) is 0 Å². The van der Waals surface area contributed by atoms with E-state index in [-0.39, 0.29) is 11.1 Å². The van der Waals surface area contributed by atoms with Crippen LogP contribution in [0, 0.1) is 0 Å². The van der Waals surface area contributed by atoms with Crippen molar-refractivity contribution in [3.63, 3.8) is 0 Å². The zero-order valence-corrected chi connectivity index (χ0v) is 14.2. The van der Waals surface area contributed by atoms with E-state index in [0.717, 1.165) is 0 Å². The van der Waals surface area contributed by atoms with E-state index in [9.17, 15) is 26.4 Å². The number of carbonyl (C=O) groups is 2. The maximum Gasteiger partial charge on any atom is 0.291 e. The Bertz CT molecular complexity index is 955. The SMILES string of the molecule is O=C1C(Cl)=C(C2S(=O)(=O)OCCOS2(=O)=O)C(=O)c2ccccc21. The van der Waals surface area contributed by atoms with Gasteiger partial charge in [0.1, 0.15) is 0 Å². The van der Waals surface area contributed by atoms with Gasteiger partial charge in [-0.2, -0.15) is 16.8 Å². The monoisotopic (exact) mass is 392 g/mol. The maximum atomic E-state index is 12.6. The summed E-state index contributed by atoms with van der Waals surface area (Å²) in [4.78, 5) is 24.9. The second kappa shape index (κ2) is 5.74. The quantitative estimate of drug-likeness (QED) is 0.636. The van der Waals surface area contributed by atoms with Crippen LogP contribution in [-0.4, -0.2) is 46.2 Å². The number of carbonyl (C=O) groups excluding carboxylic acids is 2. The lowest BCUT2D eigenvalue weighted by Gasteiger charge is -2.22. The highest BCUT2D eigenvalue weighted by Crippen LogP contribution is 2.36. The number of Topliss-reactive ketones (excluding diaryl/α,β-unsaturated/α-hetero) is 2. The van der Waals surface area contributed by atoms with Crippen LogP contribution in [0.5, 0.6) is 0 Å². The third-order valence-corrected chi connectivity index (χ3v) is 7.74. The van der Waals surface area contributed by atoms with Gasteiger partial charge in [-0.05, 0) is 0 Å². The van der Waals surface area contributed by atoms with Gasteiger partial charge in [-0.25, -0.2) is 0 Å². The molecule has 0 saturated carbocycles. The first-order valence-corrected chi connectivity index (χ1v) is 9.83. The molecule has 0 atom stereocenters. The van der Waals surface area contributed by atoms with Gasteiger partial charge in [-0.3, -0.25) is 18.0 Å². The topological polar surface area (TPSA) is 121 Å². The molecule has 1 aliphatic heterocycles. The Balaban J connectivity index is 2.29. The van der Waals surface area contributed by atoms with Crippen molar-refractivity contribution in [1.29, 1.82) is 0 Å². The Kier molecular flexibility index (Phi) is 4.12. The molecule has 1 aromatic rings. The van der Waals surface area contributed by atoms with E-state index in [0.29, 0.717) is 0 Å². The van der Waals surface area contributed by atoms with Crippen molar-refractivity contribution < 1.29 is 34.8 Å². The third-order valence-electron chi connectivity index (χ3n) is 3.44. The number of benzene rings is 1. The summed E-state index contributed by atoms with van der Waals surface area (Å²) < 4.78 is 55.3. The average molecular weight is 393 g/mol. The lowest BCUT2D eigenvalue weighted by molar-refractivity contribution is 0.0979. The van der Waals surface area contributed by atoms with Gasteiger partial charge in [0.2, 0.25) is 10.4 Å². The number of rotatable bonds is 1. The van der Waals surface area contributed by atoms with E-state index in [1.165, 1.54) is 24.3 Å². The summed E-state index contributed by atoms with van der Waals surface area (Å²) in [5.74, 6) is -1.84. The van der Waals surface area contributed by atoms with E-state index >= 15 is 0 Å². The lowest BCUT2D eigenvalue weighted by Crippen LogP contribution is -2.38. The van der Waals surface area contributed by atoms with Crippen LogP contribution < -0.4 is 0 Å². The third kappa shape index (κ3) is 2.60. The van der Waals surface area contributed by atoms with Crippen molar-refractivity contribution in [2.45, 2.75) is 4.58 Å². The number of hydrogen-bond donors (Lipinski definition) is 0. The minimum Gasteiger partial charge on any atom is -0.289 e. The molecule has 2 aliphatic rings. The molecular formula is C13H9ClO8S2. The molecule has 0 N–H and O–H groups in total. The van der Waals surface area contributed by atoms with Crippen LogP contribution in [0.4, 0.5) is 0 Å². The number of hydrogen-bond acceptors (Lipinski definition) is 8. The van der Waals surface area contributed by atoms with Gasteiger partial charge >= 0.3 is 0 Å². The zero-order valence-electron chi connectivity index (χ0n) is 11.8. The molecule has 0 radical (unpaired) electrons. The van der Waals surface area contributed by atoms with Crippen LogP contribution in [0.2, 0.25) is 0 Å². The van der Waals surface area contributed by atoms with Gasteiger partial charge in [0.25, 0.3) is 20.2 Å². The van der Waals surface area contributed by atoms with Crippen molar-refractivity contribution in [1.82, 2.24) is 0 Å². The summed E-state index contributed by atoms with van der Waals surface area (Å²) in [5.41, 5.74) is -1.07. The first-order valence-electron chi connectivity index (χ1n) is 6.51. The summed E-state index contributed by atoms with van der Waals surface area (Å²) >= 11 is 5.87. The summed E-state index contributed by atoms with van der Waals surface area (Å²) in [7, 11) is -9.57. The predicted molar refractivity (Wildman–Crippen MR) is 81.5 cm³/mol. The molecule has 0 amide bonds. The Morgan fingerprint density at radius 1 is 0.875 bits per heavy atom. The Labute approximate surface area is 142 Å². The number of halogens is 1. The fourth-order valence-corrected chi connectivity index (χ4v) is 6.22. The van der Waals surface area contributed by atoms with E-state index < -0.39 is 60.2 Å². The van der Waals surface area contributed by atoms with Crippen LogP contribution in [-0.2, 0) is 28.6 Å². The van der Waals surface area contributed by atoms with E-state index in [4.69, 9.17) is 11.6 Å². The molecule has 0 bridgehead atoms. The average Bonchev–Trinajstić information content (AvgIpc) is 2.62. The summed E-state index contributed by atoms with van der Waals surface area (Å²) in [6.07, 6.45) is 0. The number of ketones is 2. The van der Waals surface area contributed by atoms with Gasteiger partial charge in [0.05, 0.1) is 23.8 Å². The Morgan fingerprint density at radius 2 is 1.33 bits per heavy atom.